The number of sulfonamides is 1. The second-order valence-electron chi connectivity index (χ2n) is 7.64. The number of guanidine groups is 1. The predicted molar refractivity (Wildman–Crippen MR) is 117 cm³/mol. The molecule has 1 aromatic rings. The highest BCUT2D eigenvalue weighted by molar-refractivity contribution is 7.88. The van der Waals surface area contributed by atoms with E-state index in [0.717, 1.165) is 56.3 Å². The van der Waals surface area contributed by atoms with Gasteiger partial charge in [0.05, 0.1) is 25.6 Å². The Morgan fingerprint density at radius 1 is 1.28 bits per heavy atom. The summed E-state index contributed by atoms with van der Waals surface area (Å²) in [7, 11) is -1.48. The van der Waals surface area contributed by atoms with Crippen molar-refractivity contribution >= 4 is 21.7 Å². The molecule has 0 aliphatic carbocycles. The number of hydrogen-bond donors (Lipinski definition) is 2. The highest BCUT2D eigenvalue weighted by atomic mass is 32.2. The lowest BCUT2D eigenvalue weighted by Gasteiger charge is -2.23. The van der Waals surface area contributed by atoms with Crippen LogP contribution in [0.15, 0.2) is 29.3 Å². The van der Waals surface area contributed by atoms with E-state index in [-0.39, 0.29) is 12.1 Å². The van der Waals surface area contributed by atoms with Gasteiger partial charge >= 0.3 is 0 Å². The zero-order chi connectivity index (χ0) is 20.9. The van der Waals surface area contributed by atoms with Crippen molar-refractivity contribution in [2.24, 2.45) is 4.99 Å². The van der Waals surface area contributed by atoms with Crippen molar-refractivity contribution in [2.75, 3.05) is 51.0 Å². The van der Waals surface area contributed by atoms with Gasteiger partial charge in [0.15, 0.2) is 5.96 Å². The van der Waals surface area contributed by atoms with Gasteiger partial charge in [0.1, 0.15) is 5.75 Å². The summed E-state index contributed by atoms with van der Waals surface area (Å²) in [5, 5.41) is 6.81. The van der Waals surface area contributed by atoms with E-state index >= 15 is 0 Å². The number of nitrogens with zero attached hydrogens (tertiary/aromatic N) is 3. The van der Waals surface area contributed by atoms with Crippen LogP contribution in [0.4, 0.5) is 5.69 Å². The number of para-hydroxylation sites is 2. The van der Waals surface area contributed by atoms with E-state index in [1.54, 1.807) is 11.4 Å². The van der Waals surface area contributed by atoms with Crippen molar-refractivity contribution in [3.05, 3.63) is 24.3 Å². The maximum Gasteiger partial charge on any atom is 0.211 e. The van der Waals surface area contributed by atoms with E-state index < -0.39 is 10.0 Å². The molecule has 3 rings (SSSR count). The van der Waals surface area contributed by atoms with E-state index in [0.29, 0.717) is 13.1 Å². The lowest BCUT2D eigenvalue weighted by Crippen LogP contribution is -2.45. The Hall–Kier alpha value is -2.00. The van der Waals surface area contributed by atoms with E-state index in [1.165, 1.54) is 6.26 Å². The van der Waals surface area contributed by atoms with Crippen LogP contribution in [0.5, 0.6) is 5.75 Å². The van der Waals surface area contributed by atoms with Gasteiger partial charge in [-0.1, -0.05) is 12.1 Å². The Morgan fingerprint density at radius 2 is 2.07 bits per heavy atom. The summed E-state index contributed by atoms with van der Waals surface area (Å²) >= 11 is 0. The molecule has 8 nitrogen and oxygen atoms in total. The van der Waals surface area contributed by atoms with Crippen LogP contribution in [0.2, 0.25) is 0 Å². The summed E-state index contributed by atoms with van der Waals surface area (Å²) in [4.78, 5) is 7.02. The van der Waals surface area contributed by atoms with Crippen molar-refractivity contribution in [1.82, 2.24) is 14.9 Å². The van der Waals surface area contributed by atoms with E-state index in [4.69, 9.17) is 9.73 Å². The molecule has 2 fully saturated rings. The average molecular weight is 424 g/mol. The summed E-state index contributed by atoms with van der Waals surface area (Å²) in [6.45, 7) is 5.68. The van der Waals surface area contributed by atoms with Crippen LogP contribution in [0.3, 0.4) is 0 Å². The minimum atomic E-state index is -3.17. The number of benzene rings is 1. The van der Waals surface area contributed by atoms with Crippen molar-refractivity contribution in [2.45, 2.75) is 38.3 Å². The molecule has 1 unspecified atom stereocenters. The third-order valence-electron chi connectivity index (χ3n) is 5.51. The van der Waals surface area contributed by atoms with Crippen LogP contribution < -0.4 is 20.3 Å². The zero-order valence-electron chi connectivity index (χ0n) is 17.6. The third kappa shape index (κ3) is 5.54. The summed E-state index contributed by atoms with van der Waals surface area (Å²) in [6.07, 6.45) is 4.04. The minimum absolute atomic E-state index is 0.0471. The van der Waals surface area contributed by atoms with E-state index in [2.05, 4.69) is 21.6 Å². The lowest BCUT2D eigenvalue weighted by molar-refractivity contribution is 0.396. The van der Waals surface area contributed by atoms with Gasteiger partial charge in [-0.05, 0) is 38.3 Å². The first-order valence-corrected chi connectivity index (χ1v) is 12.2. The molecule has 2 N–H and O–H groups in total. The van der Waals surface area contributed by atoms with Crippen LogP contribution in [-0.4, -0.2) is 76.9 Å². The molecule has 0 saturated carbocycles. The van der Waals surface area contributed by atoms with Crippen LogP contribution in [-0.2, 0) is 10.0 Å². The highest BCUT2D eigenvalue weighted by Gasteiger charge is 2.31. The number of hydrogen-bond acceptors (Lipinski definition) is 5. The summed E-state index contributed by atoms with van der Waals surface area (Å²) in [6, 6.07) is 8.30. The number of rotatable bonds is 7. The summed E-state index contributed by atoms with van der Waals surface area (Å²) in [5.41, 5.74) is 1.11. The topological polar surface area (TPSA) is 86.3 Å². The molecule has 2 aliphatic rings. The van der Waals surface area contributed by atoms with Crippen molar-refractivity contribution in [3.8, 4) is 5.75 Å². The first kappa shape index (κ1) is 21.7. The van der Waals surface area contributed by atoms with Gasteiger partial charge in [-0.15, -0.1) is 0 Å². The fourth-order valence-corrected chi connectivity index (χ4v) is 5.30. The molecule has 2 aliphatic heterocycles. The van der Waals surface area contributed by atoms with Crippen molar-refractivity contribution < 1.29 is 13.2 Å². The van der Waals surface area contributed by atoms with Gasteiger partial charge in [-0.2, -0.15) is 4.31 Å². The normalized spacial score (nSPS) is 23.4. The molecule has 1 aromatic carbocycles. The quantitative estimate of drug-likeness (QED) is 0.507. The minimum Gasteiger partial charge on any atom is -0.495 e. The maximum atomic E-state index is 11.9. The van der Waals surface area contributed by atoms with Gasteiger partial charge in [0.2, 0.25) is 10.0 Å². The van der Waals surface area contributed by atoms with Crippen molar-refractivity contribution in [3.63, 3.8) is 0 Å². The number of nitrogens with one attached hydrogen (secondary N) is 2. The SMILES string of the molecule is CCNC(=NC[C@H]1CCCN1S(C)(=O)=O)NC1CCN(c2ccccc2OC)C1. The highest BCUT2D eigenvalue weighted by Crippen LogP contribution is 2.30. The lowest BCUT2D eigenvalue weighted by atomic mass is 10.2. The molecule has 0 amide bonds. The Kier molecular flexibility index (Phi) is 7.23. The van der Waals surface area contributed by atoms with Gasteiger partial charge in [0.25, 0.3) is 0 Å². The van der Waals surface area contributed by atoms with Gasteiger partial charge in [-0.3, -0.25) is 4.99 Å². The molecule has 29 heavy (non-hydrogen) atoms. The number of ether oxygens (including phenoxy) is 1. The fourth-order valence-electron chi connectivity index (χ4n) is 4.13. The smallest absolute Gasteiger partial charge is 0.211 e. The number of anilines is 1. The van der Waals surface area contributed by atoms with Gasteiger partial charge < -0.3 is 20.3 Å². The molecular weight excluding hydrogens is 390 g/mol. The first-order chi connectivity index (χ1) is 13.9. The van der Waals surface area contributed by atoms with E-state index in [9.17, 15) is 8.42 Å². The molecule has 162 valence electrons. The average Bonchev–Trinajstić information content (AvgIpc) is 3.35. The number of methoxy groups -OCH3 is 1. The Labute approximate surface area is 174 Å². The molecule has 2 heterocycles. The second-order valence-corrected chi connectivity index (χ2v) is 9.57. The molecule has 0 spiro atoms. The molecule has 0 radical (unpaired) electrons. The maximum absolute atomic E-state index is 11.9. The standard InChI is InChI=1S/C20H33N5O3S/c1-4-21-20(22-14-17-8-7-12-25(17)29(3,26)27)23-16-11-13-24(15-16)18-9-5-6-10-19(18)28-2/h5-6,9-10,16-17H,4,7-8,11-15H2,1-3H3,(H2,21,22,23)/t16?,17-/m1/s1. The molecule has 0 aromatic heterocycles. The number of aliphatic imine (C=N–C) groups is 1. The van der Waals surface area contributed by atoms with Crippen LogP contribution in [0.1, 0.15) is 26.2 Å². The predicted octanol–water partition coefficient (Wildman–Crippen LogP) is 1.25. The first-order valence-electron chi connectivity index (χ1n) is 10.3. The van der Waals surface area contributed by atoms with Crippen LogP contribution >= 0.6 is 0 Å². The molecular formula is C20H33N5O3S. The Bertz CT molecular complexity index is 814. The van der Waals surface area contributed by atoms with Crippen LogP contribution in [0, 0.1) is 0 Å². The third-order valence-corrected chi connectivity index (χ3v) is 6.84. The monoisotopic (exact) mass is 423 g/mol. The van der Waals surface area contributed by atoms with Crippen LogP contribution in [0.25, 0.3) is 0 Å². The second kappa shape index (κ2) is 9.67. The molecule has 2 saturated heterocycles. The zero-order valence-corrected chi connectivity index (χ0v) is 18.4. The van der Waals surface area contributed by atoms with Gasteiger partial charge in [0, 0.05) is 38.3 Å². The molecule has 2 atom stereocenters. The summed E-state index contributed by atoms with van der Waals surface area (Å²) in [5.74, 6) is 1.63. The molecule has 9 heteroatoms. The van der Waals surface area contributed by atoms with Gasteiger partial charge in [-0.25, -0.2) is 8.42 Å². The largest absolute Gasteiger partial charge is 0.495 e. The fraction of sp³-hybridized carbons (Fsp3) is 0.650. The molecule has 0 bridgehead atoms. The Balaban J connectivity index is 1.61. The van der Waals surface area contributed by atoms with E-state index in [1.807, 2.05) is 25.1 Å². The van der Waals surface area contributed by atoms with Crippen molar-refractivity contribution in [1.29, 1.82) is 0 Å². The Morgan fingerprint density at radius 3 is 2.79 bits per heavy atom. The summed E-state index contributed by atoms with van der Waals surface area (Å²) < 4.78 is 31.0.